The van der Waals surface area contributed by atoms with E-state index in [0.717, 1.165) is 5.56 Å². The molecule has 0 bridgehead atoms. The van der Waals surface area contributed by atoms with E-state index in [4.69, 9.17) is 0 Å². The topological polar surface area (TPSA) is 46.0 Å². The number of thioether (sulfide) groups is 1. The lowest BCUT2D eigenvalue weighted by Crippen LogP contribution is -2.11. The van der Waals surface area contributed by atoms with Crippen LogP contribution in [0.2, 0.25) is 0 Å². The predicted molar refractivity (Wildman–Crippen MR) is 57.3 cm³/mol. The van der Waals surface area contributed by atoms with E-state index >= 15 is 0 Å². The molecule has 0 saturated carbocycles. The summed E-state index contributed by atoms with van der Waals surface area (Å²) in [4.78, 5) is 8.22. The third kappa shape index (κ3) is 4.06. The predicted octanol–water partition coefficient (Wildman–Crippen LogP) is 1.63. The number of rotatable bonds is 4. The summed E-state index contributed by atoms with van der Waals surface area (Å²) in [6, 6.07) is 0. The fraction of sp³-hybridized carbons (Fsp3) is 0.500. The molecule has 3 nitrogen and oxygen atoms in total. The summed E-state index contributed by atoms with van der Waals surface area (Å²) in [7, 11) is 0. The van der Waals surface area contributed by atoms with Crippen LogP contribution in [0.15, 0.2) is 17.6 Å². The molecule has 0 aliphatic carbocycles. The average Bonchev–Trinajstić information content (AvgIpc) is 2.16. The molecule has 0 fully saturated rings. The van der Waals surface area contributed by atoms with Gasteiger partial charge in [0.15, 0.2) is 5.16 Å². The summed E-state index contributed by atoms with van der Waals surface area (Å²) in [5, 5.41) is 10.6. The highest BCUT2D eigenvalue weighted by molar-refractivity contribution is 9.09. The van der Waals surface area contributed by atoms with Gasteiger partial charge in [-0.25, -0.2) is 9.97 Å². The molecule has 1 atom stereocenters. The minimum Gasteiger partial charge on any atom is -0.391 e. The largest absolute Gasteiger partial charge is 0.391 e. The van der Waals surface area contributed by atoms with E-state index in [1.165, 1.54) is 11.8 Å². The van der Waals surface area contributed by atoms with Crippen molar-refractivity contribution in [2.75, 3.05) is 11.1 Å². The van der Waals surface area contributed by atoms with Gasteiger partial charge < -0.3 is 5.11 Å². The van der Waals surface area contributed by atoms with Crippen LogP contribution in [0.3, 0.4) is 0 Å². The Kier molecular flexibility index (Phi) is 4.69. The number of aliphatic hydroxyl groups is 1. The van der Waals surface area contributed by atoms with Gasteiger partial charge in [0.1, 0.15) is 0 Å². The highest BCUT2D eigenvalue weighted by Crippen LogP contribution is 2.13. The van der Waals surface area contributed by atoms with Gasteiger partial charge in [0.2, 0.25) is 0 Å². The number of aromatic nitrogens is 2. The Bertz CT molecular complexity index is 255. The van der Waals surface area contributed by atoms with Crippen molar-refractivity contribution >= 4 is 27.7 Å². The van der Waals surface area contributed by atoms with Crippen LogP contribution in [0.1, 0.15) is 5.56 Å². The van der Waals surface area contributed by atoms with Crippen LogP contribution >= 0.6 is 27.7 Å². The van der Waals surface area contributed by atoms with Crippen molar-refractivity contribution in [3.05, 3.63) is 18.0 Å². The number of aliphatic hydroxyl groups excluding tert-OH is 1. The standard InChI is InChI=1S/C8H11BrN2OS/c1-6-3-10-8(11-4-6)13-5-7(12)2-9/h3-4,7,12H,2,5H2,1H3. The summed E-state index contributed by atoms with van der Waals surface area (Å²) < 4.78 is 0. The Balaban J connectivity index is 2.41. The Labute approximate surface area is 90.1 Å². The van der Waals surface area contributed by atoms with E-state index in [-0.39, 0.29) is 6.10 Å². The van der Waals surface area contributed by atoms with Gasteiger partial charge >= 0.3 is 0 Å². The first-order valence-electron chi connectivity index (χ1n) is 3.88. The van der Waals surface area contributed by atoms with Gasteiger partial charge in [-0.3, -0.25) is 0 Å². The van der Waals surface area contributed by atoms with Gasteiger partial charge in [-0.1, -0.05) is 27.7 Å². The lowest BCUT2D eigenvalue weighted by atomic mass is 10.4. The van der Waals surface area contributed by atoms with Gasteiger partial charge in [-0.15, -0.1) is 0 Å². The monoisotopic (exact) mass is 262 g/mol. The molecule has 1 aromatic rings. The zero-order chi connectivity index (χ0) is 9.68. The molecule has 5 heteroatoms. The lowest BCUT2D eigenvalue weighted by Gasteiger charge is -2.04. The summed E-state index contributed by atoms with van der Waals surface area (Å²) >= 11 is 4.66. The SMILES string of the molecule is Cc1cnc(SCC(O)CBr)nc1. The summed E-state index contributed by atoms with van der Waals surface area (Å²) in [6.45, 7) is 1.95. The summed E-state index contributed by atoms with van der Waals surface area (Å²) in [6.07, 6.45) is 3.21. The molecule has 0 spiro atoms. The minimum atomic E-state index is -0.338. The van der Waals surface area contributed by atoms with E-state index in [2.05, 4.69) is 25.9 Å². The van der Waals surface area contributed by atoms with Gasteiger partial charge in [0.25, 0.3) is 0 Å². The first-order chi connectivity index (χ1) is 6.22. The quantitative estimate of drug-likeness (QED) is 0.509. The zero-order valence-corrected chi connectivity index (χ0v) is 9.68. The molecule has 0 aliphatic heterocycles. The molecule has 0 radical (unpaired) electrons. The molecule has 1 heterocycles. The average molecular weight is 263 g/mol. The van der Waals surface area contributed by atoms with Crippen molar-refractivity contribution in [1.82, 2.24) is 9.97 Å². The molecule has 1 aromatic heterocycles. The van der Waals surface area contributed by atoms with E-state index in [0.29, 0.717) is 16.2 Å². The molecule has 0 amide bonds. The van der Waals surface area contributed by atoms with E-state index in [9.17, 15) is 5.11 Å². The van der Waals surface area contributed by atoms with Crippen LogP contribution in [0.5, 0.6) is 0 Å². The minimum absolute atomic E-state index is 0.338. The number of alkyl halides is 1. The molecule has 1 N–H and O–H groups in total. The summed E-state index contributed by atoms with van der Waals surface area (Å²) in [5.74, 6) is 0.619. The first kappa shape index (κ1) is 10.9. The number of aryl methyl sites for hydroxylation is 1. The molecule has 72 valence electrons. The van der Waals surface area contributed by atoms with Crippen molar-refractivity contribution in [3.8, 4) is 0 Å². The smallest absolute Gasteiger partial charge is 0.187 e. The van der Waals surface area contributed by atoms with Crippen LogP contribution in [-0.2, 0) is 0 Å². The molecular formula is C8H11BrN2OS. The van der Waals surface area contributed by atoms with Crippen LogP contribution < -0.4 is 0 Å². The van der Waals surface area contributed by atoms with E-state index < -0.39 is 0 Å². The zero-order valence-electron chi connectivity index (χ0n) is 7.27. The molecule has 0 saturated heterocycles. The van der Waals surface area contributed by atoms with Crippen molar-refractivity contribution in [1.29, 1.82) is 0 Å². The number of hydrogen-bond donors (Lipinski definition) is 1. The lowest BCUT2D eigenvalue weighted by molar-refractivity contribution is 0.226. The first-order valence-corrected chi connectivity index (χ1v) is 5.98. The number of nitrogens with zero attached hydrogens (tertiary/aromatic N) is 2. The second kappa shape index (κ2) is 5.57. The number of hydrogen-bond acceptors (Lipinski definition) is 4. The number of halogens is 1. The third-order valence-corrected chi connectivity index (χ3v) is 3.11. The normalized spacial score (nSPS) is 12.8. The van der Waals surface area contributed by atoms with Crippen LogP contribution in [0.4, 0.5) is 0 Å². The van der Waals surface area contributed by atoms with Crippen molar-refractivity contribution in [3.63, 3.8) is 0 Å². The van der Waals surface area contributed by atoms with Gasteiger partial charge in [0, 0.05) is 23.5 Å². The van der Waals surface area contributed by atoms with Crippen LogP contribution in [0, 0.1) is 6.92 Å². The Hall–Kier alpha value is -0.130. The molecule has 13 heavy (non-hydrogen) atoms. The van der Waals surface area contributed by atoms with E-state index in [1.807, 2.05) is 6.92 Å². The third-order valence-electron chi connectivity index (χ3n) is 1.34. The Morgan fingerprint density at radius 3 is 2.69 bits per heavy atom. The highest BCUT2D eigenvalue weighted by Gasteiger charge is 2.03. The van der Waals surface area contributed by atoms with Gasteiger partial charge in [-0.2, -0.15) is 0 Å². The van der Waals surface area contributed by atoms with Crippen molar-refractivity contribution in [2.24, 2.45) is 0 Å². The van der Waals surface area contributed by atoms with Crippen molar-refractivity contribution < 1.29 is 5.11 Å². The molecule has 0 aliphatic rings. The molecule has 1 unspecified atom stereocenters. The van der Waals surface area contributed by atoms with Gasteiger partial charge in [0.05, 0.1) is 6.10 Å². The van der Waals surface area contributed by atoms with Gasteiger partial charge in [-0.05, 0) is 12.5 Å². The molecule has 1 rings (SSSR count). The Morgan fingerprint density at radius 2 is 2.15 bits per heavy atom. The highest BCUT2D eigenvalue weighted by atomic mass is 79.9. The fourth-order valence-electron chi connectivity index (χ4n) is 0.671. The van der Waals surface area contributed by atoms with E-state index in [1.54, 1.807) is 12.4 Å². The summed E-state index contributed by atoms with van der Waals surface area (Å²) in [5.41, 5.74) is 1.05. The van der Waals surface area contributed by atoms with Crippen LogP contribution in [0.25, 0.3) is 0 Å². The maximum Gasteiger partial charge on any atom is 0.187 e. The molecule has 0 aromatic carbocycles. The second-order valence-electron chi connectivity index (χ2n) is 2.66. The van der Waals surface area contributed by atoms with Crippen molar-refractivity contribution in [2.45, 2.75) is 18.2 Å². The maximum absolute atomic E-state index is 9.25. The maximum atomic E-state index is 9.25. The fourth-order valence-corrected chi connectivity index (χ4v) is 1.92. The molecular weight excluding hydrogens is 252 g/mol. The van der Waals surface area contributed by atoms with Crippen LogP contribution in [-0.4, -0.2) is 32.3 Å². The second-order valence-corrected chi connectivity index (χ2v) is 4.30. The Morgan fingerprint density at radius 1 is 1.54 bits per heavy atom.